The molecule has 0 fully saturated rings. The van der Waals surface area contributed by atoms with Crippen molar-refractivity contribution in [2.45, 2.75) is 16.0 Å². The molecule has 1 amide bonds. The highest BCUT2D eigenvalue weighted by atomic mass is 35.5. The molecular weight excluding hydrogens is 441 g/mol. The Morgan fingerprint density at radius 3 is 2.43 bits per heavy atom. The number of hydrogen-bond donors (Lipinski definition) is 1. The molecule has 0 aliphatic rings. The fourth-order valence-electron chi connectivity index (χ4n) is 2.57. The van der Waals surface area contributed by atoms with Crippen molar-refractivity contribution >= 4 is 40.6 Å². The van der Waals surface area contributed by atoms with Crippen LogP contribution in [0.3, 0.4) is 0 Å². The van der Waals surface area contributed by atoms with Crippen molar-refractivity contribution < 1.29 is 22.9 Å². The number of hydrogen-bond acceptors (Lipinski definition) is 4. The molecule has 3 rings (SSSR count). The standard InChI is InChI=1S/C20H12ClF3N2O3S/c21-15-8-4-9-16(26(28)29)18(15)30-17-10-2-1-7-14(17)19(27)25-13-6-3-5-12(11-13)20(22,23)24/h1-11H,(H,25,27). The van der Waals surface area contributed by atoms with Gasteiger partial charge in [0.05, 0.1) is 21.1 Å². The average molecular weight is 453 g/mol. The van der Waals surface area contributed by atoms with E-state index in [0.29, 0.717) is 4.90 Å². The lowest BCUT2D eigenvalue weighted by molar-refractivity contribution is -0.387. The van der Waals surface area contributed by atoms with E-state index in [1.807, 2.05) is 0 Å². The Bertz CT molecular complexity index is 1120. The lowest BCUT2D eigenvalue weighted by atomic mass is 10.1. The van der Waals surface area contributed by atoms with E-state index in [-0.39, 0.29) is 26.9 Å². The number of carbonyl (C=O) groups is 1. The summed E-state index contributed by atoms with van der Waals surface area (Å²) < 4.78 is 38.7. The van der Waals surface area contributed by atoms with Gasteiger partial charge in [-0.1, -0.05) is 47.6 Å². The predicted octanol–water partition coefficient (Wildman–Crippen LogP) is 6.67. The van der Waals surface area contributed by atoms with Crippen molar-refractivity contribution in [2.24, 2.45) is 0 Å². The number of nitro groups is 1. The van der Waals surface area contributed by atoms with Gasteiger partial charge in [0.15, 0.2) is 0 Å². The highest BCUT2D eigenvalue weighted by Gasteiger charge is 2.30. The molecule has 0 aromatic heterocycles. The van der Waals surface area contributed by atoms with Crippen molar-refractivity contribution in [1.82, 2.24) is 0 Å². The number of nitrogens with zero attached hydrogens (tertiary/aromatic N) is 1. The third-order valence-corrected chi connectivity index (χ3v) is 5.57. The Morgan fingerprint density at radius 2 is 1.73 bits per heavy atom. The Balaban J connectivity index is 1.92. The second kappa shape index (κ2) is 8.76. The van der Waals surface area contributed by atoms with E-state index in [2.05, 4.69) is 5.32 Å². The van der Waals surface area contributed by atoms with Crippen LogP contribution in [0.4, 0.5) is 24.5 Å². The summed E-state index contributed by atoms with van der Waals surface area (Å²) in [5, 5.41) is 13.9. The van der Waals surface area contributed by atoms with Crippen LogP contribution in [0.15, 0.2) is 76.5 Å². The van der Waals surface area contributed by atoms with Gasteiger partial charge in [-0.15, -0.1) is 0 Å². The number of nitro benzene ring substituents is 1. The molecule has 0 spiro atoms. The van der Waals surface area contributed by atoms with Crippen molar-refractivity contribution in [3.8, 4) is 0 Å². The van der Waals surface area contributed by atoms with Gasteiger partial charge in [-0.3, -0.25) is 14.9 Å². The summed E-state index contributed by atoms with van der Waals surface area (Å²) in [4.78, 5) is 23.9. The first-order valence-corrected chi connectivity index (χ1v) is 9.54. The van der Waals surface area contributed by atoms with Crippen LogP contribution >= 0.6 is 23.4 Å². The summed E-state index contributed by atoms with van der Waals surface area (Å²) >= 11 is 7.04. The third-order valence-electron chi connectivity index (χ3n) is 3.93. The van der Waals surface area contributed by atoms with E-state index in [9.17, 15) is 28.1 Å². The zero-order chi connectivity index (χ0) is 21.9. The summed E-state index contributed by atoms with van der Waals surface area (Å²) in [7, 11) is 0. The minimum absolute atomic E-state index is 0.0293. The third kappa shape index (κ3) is 4.92. The van der Waals surface area contributed by atoms with Crippen LogP contribution in [0.2, 0.25) is 5.02 Å². The van der Waals surface area contributed by atoms with Crippen LogP contribution < -0.4 is 5.32 Å². The molecule has 0 saturated heterocycles. The predicted molar refractivity (Wildman–Crippen MR) is 108 cm³/mol. The molecule has 0 bridgehead atoms. The van der Waals surface area contributed by atoms with Gasteiger partial charge in [0, 0.05) is 16.6 Å². The summed E-state index contributed by atoms with van der Waals surface area (Å²) in [5.74, 6) is -0.660. The summed E-state index contributed by atoms with van der Waals surface area (Å²) in [6.07, 6.45) is -4.54. The first-order valence-electron chi connectivity index (χ1n) is 8.35. The molecule has 0 atom stereocenters. The molecule has 1 N–H and O–H groups in total. The van der Waals surface area contributed by atoms with E-state index in [1.165, 1.54) is 36.4 Å². The van der Waals surface area contributed by atoms with Crippen LogP contribution in [0.25, 0.3) is 0 Å². The second-order valence-electron chi connectivity index (χ2n) is 5.98. The van der Waals surface area contributed by atoms with Gasteiger partial charge in [-0.05, 0) is 36.4 Å². The first kappa shape index (κ1) is 21.7. The van der Waals surface area contributed by atoms with Crippen LogP contribution in [0.1, 0.15) is 15.9 Å². The fourth-order valence-corrected chi connectivity index (χ4v) is 3.90. The van der Waals surface area contributed by atoms with Crippen LogP contribution in [0.5, 0.6) is 0 Å². The molecule has 0 radical (unpaired) electrons. The molecule has 154 valence electrons. The lowest BCUT2D eigenvalue weighted by Gasteiger charge is -2.12. The number of amides is 1. The lowest BCUT2D eigenvalue weighted by Crippen LogP contribution is -2.14. The number of carbonyl (C=O) groups excluding carboxylic acids is 1. The number of rotatable bonds is 5. The van der Waals surface area contributed by atoms with Gasteiger partial charge in [-0.25, -0.2) is 0 Å². The zero-order valence-corrected chi connectivity index (χ0v) is 16.5. The summed E-state index contributed by atoms with van der Waals surface area (Å²) in [6.45, 7) is 0. The van der Waals surface area contributed by atoms with Gasteiger partial charge in [0.1, 0.15) is 4.90 Å². The Labute approximate surface area is 178 Å². The molecule has 0 aliphatic carbocycles. The number of nitrogens with one attached hydrogen (secondary N) is 1. The molecule has 3 aromatic rings. The van der Waals surface area contributed by atoms with Crippen molar-refractivity contribution in [3.63, 3.8) is 0 Å². The maximum absolute atomic E-state index is 12.9. The molecule has 3 aromatic carbocycles. The van der Waals surface area contributed by atoms with Gasteiger partial charge in [0.2, 0.25) is 0 Å². The molecule has 0 saturated carbocycles. The highest BCUT2D eigenvalue weighted by molar-refractivity contribution is 7.99. The molecule has 10 heteroatoms. The smallest absolute Gasteiger partial charge is 0.322 e. The maximum Gasteiger partial charge on any atom is 0.416 e. The van der Waals surface area contributed by atoms with Crippen molar-refractivity contribution in [3.05, 3.63) is 93.0 Å². The number of halogens is 4. The van der Waals surface area contributed by atoms with E-state index in [1.54, 1.807) is 18.2 Å². The van der Waals surface area contributed by atoms with Crippen molar-refractivity contribution in [1.29, 1.82) is 0 Å². The van der Waals surface area contributed by atoms with Gasteiger partial charge in [0.25, 0.3) is 11.6 Å². The minimum atomic E-state index is -4.54. The second-order valence-corrected chi connectivity index (χ2v) is 7.44. The Hall–Kier alpha value is -3.04. The maximum atomic E-state index is 12.9. The largest absolute Gasteiger partial charge is 0.416 e. The highest BCUT2D eigenvalue weighted by Crippen LogP contribution is 2.41. The van der Waals surface area contributed by atoms with Crippen LogP contribution in [0, 0.1) is 10.1 Å². The monoisotopic (exact) mass is 452 g/mol. The number of anilines is 1. The van der Waals surface area contributed by atoms with Crippen LogP contribution in [-0.2, 0) is 6.18 Å². The molecular formula is C20H12ClF3N2O3S. The number of benzene rings is 3. The molecule has 0 heterocycles. The SMILES string of the molecule is O=C(Nc1cccc(C(F)(F)F)c1)c1ccccc1Sc1c(Cl)cccc1[N+](=O)[O-]. The van der Waals surface area contributed by atoms with Crippen molar-refractivity contribution in [2.75, 3.05) is 5.32 Å². The van der Waals surface area contributed by atoms with Crippen LogP contribution in [-0.4, -0.2) is 10.8 Å². The molecule has 0 aliphatic heterocycles. The summed E-state index contributed by atoms with van der Waals surface area (Å²) in [6, 6.07) is 14.7. The zero-order valence-electron chi connectivity index (χ0n) is 14.9. The minimum Gasteiger partial charge on any atom is -0.322 e. The molecule has 5 nitrogen and oxygen atoms in total. The van der Waals surface area contributed by atoms with E-state index >= 15 is 0 Å². The fraction of sp³-hybridized carbons (Fsp3) is 0.0500. The molecule has 30 heavy (non-hydrogen) atoms. The van der Waals surface area contributed by atoms with Gasteiger partial charge < -0.3 is 5.32 Å². The molecule has 0 unspecified atom stereocenters. The summed E-state index contributed by atoms with van der Waals surface area (Å²) in [5.41, 5.74) is -1.01. The normalized spacial score (nSPS) is 11.2. The van der Waals surface area contributed by atoms with E-state index in [4.69, 9.17) is 11.6 Å². The quantitative estimate of drug-likeness (QED) is 0.346. The Morgan fingerprint density at radius 1 is 1.03 bits per heavy atom. The Kier molecular flexibility index (Phi) is 6.33. The van der Waals surface area contributed by atoms with E-state index in [0.717, 1.165) is 23.9 Å². The van der Waals surface area contributed by atoms with E-state index < -0.39 is 22.6 Å². The van der Waals surface area contributed by atoms with Gasteiger partial charge >= 0.3 is 6.18 Å². The number of alkyl halides is 3. The van der Waals surface area contributed by atoms with Gasteiger partial charge in [-0.2, -0.15) is 13.2 Å². The topological polar surface area (TPSA) is 72.2 Å². The average Bonchev–Trinajstić information content (AvgIpc) is 2.69. The first-order chi connectivity index (χ1) is 14.2.